The molecule has 4 aromatic rings. The Balaban J connectivity index is 1.08. The number of hydrogen-bond donors (Lipinski definition) is 4. The number of ether oxygens (including phenoxy) is 4. The van der Waals surface area contributed by atoms with Gasteiger partial charge in [-0.2, -0.15) is 10.2 Å². The predicted octanol–water partition coefficient (Wildman–Crippen LogP) is 5.15. The average molecular weight is 595 g/mol. The smallest absolute Gasteiger partial charge is 0.339 e. The fraction of sp³-hybridized carbons (Fsp3) is 0.125. The van der Waals surface area contributed by atoms with Crippen molar-refractivity contribution in [2.24, 2.45) is 10.2 Å². The third-order valence-electron chi connectivity index (χ3n) is 5.96. The van der Waals surface area contributed by atoms with Crippen LogP contribution < -0.4 is 31.0 Å². The predicted molar refractivity (Wildman–Crippen MR) is 166 cm³/mol. The van der Waals surface area contributed by atoms with Gasteiger partial charge in [0, 0.05) is 11.4 Å². The number of carbonyl (C=O) groups excluding carboxylic acids is 2. The van der Waals surface area contributed by atoms with Gasteiger partial charge in [0.05, 0.1) is 25.6 Å². The maximum atomic E-state index is 12.0. The number of hydrogen-bond acceptors (Lipinski definition) is 8. The first-order valence-electron chi connectivity index (χ1n) is 13.7. The number of hydrazone groups is 2. The summed E-state index contributed by atoms with van der Waals surface area (Å²) in [5.41, 5.74) is 7.68. The Morgan fingerprint density at radius 3 is 1.36 bits per heavy atom. The van der Waals surface area contributed by atoms with Crippen LogP contribution in [0.15, 0.2) is 119 Å². The lowest BCUT2D eigenvalue weighted by Gasteiger charge is -2.31. The van der Waals surface area contributed by atoms with Crippen LogP contribution in [0.3, 0.4) is 0 Å². The zero-order valence-corrected chi connectivity index (χ0v) is 23.5. The quantitative estimate of drug-likeness (QED) is 0.148. The van der Waals surface area contributed by atoms with E-state index in [1.807, 2.05) is 36.4 Å². The molecule has 4 N–H and O–H groups in total. The lowest BCUT2D eigenvalue weighted by molar-refractivity contribution is -0.271. The van der Waals surface area contributed by atoms with Gasteiger partial charge in [-0.05, 0) is 83.9 Å². The molecule has 0 aliphatic carbocycles. The van der Waals surface area contributed by atoms with E-state index >= 15 is 0 Å². The van der Waals surface area contributed by atoms with Gasteiger partial charge >= 0.3 is 12.1 Å². The minimum absolute atomic E-state index is 0.353. The van der Waals surface area contributed by atoms with E-state index in [-0.39, 0.29) is 0 Å². The van der Waals surface area contributed by atoms with Crippen molar-refractivity contribution in [3.05, 3.63) is 120 Å². The van der Waals surface area contributed by atoms with Gasteiger partial charge in [-0.15, -0.1) is 0 Å². The van der Waals surface area contributed by atoms with Gasteiger partial charge in [0.15, 0.2) is 0 Å². The molecule has 0 aromatic heterocycles. The van der Waals surface area contributed by atoms with Crippen LogP contribution in [0.25, 0.3) is 0 Å². The Kier molecular flexibility index (Phi) is 10.5. The molecule has 0 bridgehead atoms. The van der Waals surface area contributed by atoms with Gasteiger partial charge in [0.25, 0.3) is 12.6 Å². The van der Waals surface area contributed by atoms with Crippen LogP contribution in [0.4, 0.5) is 21.0 Å². The van der Waals surface area contributed by atoms with E-state index in [1.165, 1.54) is 12.4 Å². The first-order valence-corrected chi connectivity index (χ1v) is 13.7. The van der Waals surface area contributed by atoms with E-state index in [1.54, 1.807) is 72.8 Å². The van der Waals surface area contributed by atoms with Crippen molar-refractivity contribution in [3.8, 4) is 11.5 Å². The largest absolute Gasteiger partial charge is 0.458 e. The topological polar surface area (TPSA) is 144 Å². The Morgan fingerprint density at radius 2 is 0.977 bits per heavy atom. The molecule has 5 rings (SSSR count). The molecule has 2 unspecified atom stereocenters. The highest BCUT2D eigenvalue weighted by molar-refractivity contribution is 5.91. The summed E-state index contributed by atoms with van der Waals surface area (Å²) in [6, 6.07) is 31.4. The molecule has 1 heterocycles. The Morgan fingerprint density at radius 1 is 0.591 bits per heavy atom. The Hall–Kier alpha value is -5.72. The fourth-order valence-corrected chi connectivity index (χ4v) is 3.89. The van der Waals surface area contributed by atoms with E-state index in [0.717, 1.165) is 11.1 Å². The van der Waals surface area contributed by atoms with Crippen LogP contribution in [-0.4, -0.2) is 50.3 Å². The Labute approximate surface area is 253 Å². The van der Waals surface area contributed by atoms with E-state index < -0.39 is 24.6 Å². The summed E-state index contributed by atoms with van der Waals surface area (Å²) < 4.78 is 23.5. The van der Waals surface area contributed by atoms with Gasteiger partial charge < -0.3 is 29.6 Å². The standard InChI is InChI=1S/C32H30N6O6/c39-31(35-25-7-3-1-4-8-25)37-33-21-23-11-15-27(16-12-23)43-29-30(42-20-19-41-29)44-28-17-13-24(14-18-28)22-34-38-32(40)36-26-9-5-2-6-10-26/h1-18,21-22,29-30H,19-20H2,(H2,35,37,39)(H2,36,38,40)/b33-21+,34-22+. The lowest BCUT2D eigenvalue weighted by Crippen LogP contribution is -2.45. The number of nitrogens with one attached hydrogen (secondary N) is 4. The molecule has 12 heteroatoms. The number of carbonyl (C=O) groups is 2. The first-order chi connectivity index (χ1) is 21.6. The molecular formula is C32H30N6O6. The summed E-state index contributed by atoms with van der Waals surface area (Å²) in [6.45, 7) is 0.707. The highest BCUT2D eigenvalue weighted by Crippen LogP contribution is 2.22. The minimum Gasteiger partial charge on any atom is -0.458 e. The third kappa shape index (κ3) is 9.41. The monoisotopic (exact) mass is 594 g/mol. The number of benzene rings is 4. The second kappa shape index (κ2) is 15.5. The van der Waals surface area contributed by atoms with Gasteiger partial charge in [-0.1, -0.05) is 36.4 Å². The highest BCUT2D eigenvalue weighted by Gasteiger charge is 2.31. The van der Waals surface area contributed by atoms with Gasteiger partial charge in [0.2, 0.25) is 0 Å². The van der Waals surface area contributed by atoms with Crippen LogP contribution in [0.5, 0.6) is 11.5 Å². The van der Waals surface area contributed by atoms with E-state index in [0.29, 0.717) is 36.1 Å². The van der Waals surface area contributed by atoms with Crippen LogP contribution >= 0.6 is 0 Å². The number of nitrogens with zero attached hydrogens (tertiary/aromatic N) is 2. The summed E-state index contributed by atoms with van der Waals surface area (Å²) in [5, 5.41) is 13.3. The zero-order valence-electron chi connectivity index (χ0n) is 23.5. The van der Waals surface area contributed by atoms with Crippen molar-refractivity contribution in [1.82, 2.24) is 10.9 Å². The minimum atomic E-state index is -0.805. The van der Waals surface area contributed by atoms with Crippen molar-refractivity contribution < 1.29 is 28.5 Å². The van der Waals surface area contributed by atoms with E-state index in [9.17, 15) is 9.59 Å². The number of anilines is 2. The highest BCUT2D eigenvalue weighted by atomic mass is 16.8. The summed E-state index contributed by atoms with van der Waals surface area (Å²) in [4.78, 5) is 23.9. The summed E-state index contributed by atoms with van der Waals surface area (Å²) in [5.74, 6) is 1.08. The number of rotatable bonds is 10. The zero-order chi connectivity index (χ0) is 30.4. The van der Waals surface area contributed by atoms with Crippen molar-refractivity contribution in [1.29, 1.82) is 0 Å². The molecule has 0 saturated carbocycles. The fourth-order valence-electron chi connectivity index (χ4n) is 3.89. The number of urea groups is 2. The summed E-state index contributed by atoms with van der Waals surface area (Å²) in [7, 11) is 0. The molecule has 12 nitrogen and oxygen atoms in total. The molecule has 4 aromatic carbocycles. The van der Waals surface area contributed by atoms with Gasteiger partial charge in [0.1, 0.15) is 11.5 Å². The van der Waals surface area contributed by atoms with Crippen molar-refractivity contribution in [2.45, 2.75) is 12.6 Å². The molecule has 44 heavy (non-hydrogen) atoms. The molecule has 224 valence electrons. The van der Waals surface area contributed by atoms with Crippen molar-refractivity contribution in [3.63, 3.8) is 0 Å². The normalized spacial score (nSPS) is 16.3. The van der Waals surface area contributed by atoms with Gasteiger partial charge in [-0.3, -0.25) is 0 Å². The number of amides is 4. The maximum Gasteiger partial charge on any atom is 0.339 e. The molecule has 1 aliphatic rings. The molecular weight excluding hydrogens is 564 g/mol. The number of para-hydroxylation sites is 2. The molecule has 2 atom stereocenters. The molecule has 0 spiro atoms. The molecule has 1 aliphatic heterocycles. The van der Waals surface area contributed by atoms with E-state index in [4.69, 9.17) is 18.9 Å². The van der Waals surface area contributed by atoms with Gasteiger partial charge in [-0.25, -0.2) is 20.4 Å². The second-order valence-electron chi connectivity index (χ2n) is 9.23. The molecule has 1 fully saturated rings. The maximum absolute atomic E-state index is 12.0. The molecule has 1 saturated heterocycles. The Bertz CT molecular complexity index is 1430. The lowest BCUT2D eigenvalue weighted by atomic mass is 10.2. The molecule has 4 amide bonds. The van der Waals surface area contributed by atoms with Crippen molar-refractivity contribution >= 4 is 35.9 Å². The average Bonchev–Trinajstić information content (AvgIpc) is 3.04. The van der Waals surface area contributed by atoms with Crippen molar-refractivity contribution in [2.75, 3.05) is 23.8 Å². The van der Waals surface area contributed by atoms with Crippen LogP contribution in [0, 0.1) is 0 Å². The van der Waals surface area contributed by atoms with Crippen LogP contribution in [-0.2, 0) is 9.47 Å². The first kappa shape index (κ1) is 29.8. The second-order valence-corrected chi connectivity index (χ2v) is 9.23. The van der Waals surface area contributed by atoms with E-state index in [2.05, 4.69) is 31.7 Å². The van der Waals surface area contributed by atoms with Crippen LogP contribution in [0.1, 0.15) is 11.1 Å². The SMILES string of the molecule is O=C(N/N=C/c1ccc(OC2OCCOC2Oc2ccc(/C=N/NC(=O)Nc3ccccc3)cc2)cc1)Nc1ccccc1. The van der Waals surface area contributed by atoms with Crippen LogP contribution in [0.2, 0.25) is 0 Å². The summed E-state index contributed by atoms with van der Waals surface area (Å²) >= 11 is 0. The third-order valence-corrected chi connectivity index (χ3v) is 5.96. The summed E-state index contributed by atoms with van der Waals surface area (Å²) in [6.07, 6.45) is 1.43. The molecule has 0 radical (unpaired) electrons.